The van der Waals surface area contributed by atoms with Gasteiger partial charge in [0.15, 0.2) is 11.0 Å². The topological polar surface area (TPSA) is 56.7 Å². The van der Waals surface area contributed by atoms with Gasteiger partial charge in [-0.2, -0.15) is 0 Å². The van der Waals surface area contributed by atoms with E-state index >= 15 is 0 Å². The van der Waals surface area contributed by atoms with Crippen LogP contribution in [0.4, 0.5) is 0 Å². The fourth-order valence-corrected chi connectivity index (χ4v) is 4.28. The molecule has 0 amide bonds. The highest BCUT2D eigenvalue weighted by Crippen LogP contribution is 2.29. The van der Waals surface area contributed by atoms with Crippen LogP contribution in [0.1, 0.15) is 22.0 Å². The Bertz CT molecular complexity index is 1000. The zero-order chi connectivity index (χ0) is 17.9. The molecule has 7 heteroatoms. The standard InChI is InChI=1S/C19H18N4OS2/c1-13-6-3-4-8-17(13)18-21-22-19(23(18)10-16-7-5-9-24-16)26-12-15-11-25-14(2)20-15/h3-9,11H,10,12H2,1-2H3. The van der Waals surface area contributed by atoms with Gasteiger partial charge >= 0.3 is 0 Å². The molecule has 4 rings (SSSR count). The van der Waals surface area contributed by atoms with Crippen LogP contribution in [0, 0.1) is 13.8 Å². The number of furan rings is 1. The van der Waals surface area contributed by atoms with Gasteiger partial charge in [0.1, 0.15) is 5.76 Å². The van der Waals surface area contributed by atoms with Crippen LogP contribution < -0.4 is 0 Å². The minimum atomic E-state index is 0.599. The van der Waals surface area contributed by atoms with Crippen molar-refractivity contribution in [2.24, 2.45) is 0 Å². The van der Waals surface area contributed by atoms with E-state index in [9.17, 15) is 0 Å². The lowest BCUT2D eigenvalue weighted by Gasteiger charge is -2.10. The fourth-order valence-electron chi connectivity index (χ4n) is 2.73. The Hall–Kier alpha value is -2.38. The smallest absolute Gasteiger partial charge is 0.192 e. The van der Waals surface area contributed by atoms with Crippen molar-refractivity contribution >= 4 is 23.1 Å². The highest BCUT2D eigenvalue weighted by Gasteiger charge is 2.17. The van der Waals surface area contributed by atoms with Gasteiger partial charge in [-0.15, -0.1) is 21.5 Å². The minimum Gasteiger partial charge on any atom is -0.467 e. The van der Waals surface area contributed by atoms with Crippen molar-refractivity contribution in [2.45, 2.75) is 31.3 Å². The summed E-state index contributed by atoms with van der Waals surface area (Å²) in [5, 5.41) is 13.0. The molecule has 0 radical (unpaired) electrons. The highest BCUT2D eigenvalue weighted by molar-refractivity contribution is 7.98. The molecule has 4 aromatic rings. The first-order valence-corrected chi connectivity index (χ1v) is 10.1. The molecule has 3 aromatic heterocycles. The summed E-state index contributed by atoms with van der Waals surface area (Å²) in [7, 11) is 0. The normalized spacial score (nSPS) is 11.2. The molecule has 132 valence electrons. The van der Waals surface area contributed by atoms with Crippen molar-refractivity contribution < 1.29 is 4.42 Å². The number of hydrogen-bond acceptors (Lipinski definition) is 6. The van der Waals surface area contributed by atoms with Crippen molar-refractivity contribution in [1.82, 2.24) is 19.7 Å². The summed E-state index contributed by atoms with van der Waals surface area (Å²) in [5.41, 5.74) is 3.33. The molecule has 0 aliphatic rings. The lowest BCUT2D eigenvalue weighted by atomic mass is 10.1. The van der Waals surface area contributed by atoms with Gasteiger partial charge in [0.05, 0.1) is 23.5 Å². The molecule has 0 saturated carbocycles. The van der Waals surface area contributed by atoms with Gasteiger partial charge in [0, 0.05) is 16.7 Å². The molecule has 0 unspecified atom stereocenters. The van der Waals surface area contributed by atoms with E-state index in [2.05, 4.69) is 44.2 Å². The lowest BCUT2D eigenvalue weighted by molar-refractivity contribution is 0.485. The number of rotatable bonds is 6. The molecular weight excluding hydrogens is 364 g/mol. The zero-order valence-electron chi connectivity index (χ0n) is 14.5. The molecule has 0 N–H and O–H groups in total. The predicted molar refractivity (Wildman–Crippen MR) is 104 cm³/mol. The largest absolute Gasteiger partial charge is 0.467 e. The Morgan fingerprint density at radius 1 is 1.12 bits per heavy atom. The minimum absolute atomic E-state index is 0.599. The van der Waals surface area contributed by atoms with Gasteiger partial charge in [-0.3, -0.25) is 4.57 Å². The molecule has 5 nitrogen and oxygen atoms in total. The van der Waals surface area contributed by atoms with Crippen LogP contribution >= 0.6 is 23.1 Å². The van der Waals surface area contributed by atoms with E-state index in [1.807, 2.05) is 31.2 Å². The monoisotopic (exact) mass is 382 g/mol. The van der Waals surface area contributed by atoms with Gasteiger partial charge in [-0.1, -0.05) is 36.0 Å². The summed E-state index contributed by atoms with van der Waals surface area (Å²) in [6.45, 7) is 4.71. The molecule has 26 heavy (non-hydrogen) atoms. The average Bonchev–Trinajstić information content (AvgIpc) is 3.37. The first-order valence-electron chi connectivity index (χ1n) is 8.26. The molecule has 1 aromatic carbocycles. The van der Waals surface area contributed by atoms with E-state index in [1.54, 1.807) is 29.4 Å². The Labute approximate surface area is 160 Å². The summed E-state index contributed by atoms with van der Waals surface area (Å²) < 4.78 is 7.67. The Morgan fingerprint density at radius 2 is 2.00 bits per heavy atom. The van der Waals surface area contributed by atoms with E-state index < -0.39 is 0 Å². The molecule has 3 heterocycles. The van der Waals surface area contributed by atoms with E-state index in [0.717, 1.165) is 38.8 Å². The fraction of sp³-hybridized carbons (Fsp3) is 0.211. The second-order valence-electron chi connectivity index (χ2n) is 5.93. The first kappa shape index (κ1) is 17.1. The summed E-state index contributed by atoms with van der Waals surface area (Å²) >= 11 is 3.32. The van der Waals surface area contributed by atoms with Crippen LogP contribution in [0.15, 0.2) is 57.6 Å². The highest BCUT2D eigenvalue weighted by atomic mass is 32.2. The Morgan fingerprint density at radius 3 is 2.73 bits per heavy atom. The number of thioether (sulfide) groups is 1. The van der Waals surface area contributed by atoms with Crippen LogP contribution in [0.3, 0.4) is 0 Å². The molecule has 0 aliphatic carbocycles. The molecule has 0 bridgehead atoms. The van der Waals surface area contributed by atoms with Crippen LogP contribution in [0.5, 0.6) is 0 Å². The number of benzene rings is 1. The van der Waals surface area contributed by atoms with E-state index in [-0.39, 0.29) is 0 Å². The van der Waals surface area contributed by atoms with Crippen LogP contribution in [0.25, 0.3) is 11.4 Å². The first-order chi connectivity index (χ1) is 12.7. The van der Waals surface area contributed by atoms with Crippen molar-refractivity contribution in [3.05, 3.63) is 70.1 Å². The summed E-state index contributed by atoms with van der Waals surface area (Å²) in [6, 6.07) is 12.1. The van der Waals surface area contributed by atoms with E-state index in [4.69, 9.17) is 4.42 Å². The van der Waals surface area contributed by atoms with Crippen LogP contribution in [0.2, 0.25) is 0 Å². The maximum atomic E-state index is 5.55. The maximum absolute atomic E-state index is 5.55. The molecular formula is C19H18N4OS2. The van der Waals surface area contributed by atoms with Crippen LogP contribution in [-0.4, -0.2) is 19.7 Å². The summed E-state index contributed by atoms with van der Waals surface area (Å²) in [4.78, 5) is 4.53. The molecule has 0 spiro atoms. The molecule has 0 saturated heterocycles. The van der Waals surface area contributed by atoms with Crippen molar-refractivity contribution in [1.29, 1.82) is 0 Å². The Kier molecular flexibility index (Phi) is 4.90. The van der Waals surface area contributed by atoms with Gasteiger partial charge in [-0.05, 0) is 31.5 Å². The predicted octanol–water partition coefficient (Wildman–Crippen LogP) is 4.95. The zero-order valence-corrected chi connectivity index (χ0v) is 16.2. The number of hydrogen-bond donors (Lipinski definition) is 0. The number of aryl methyl sites for hydroxylation is 2. The lowest BCUT2D eigenvalue weighted by Crippen LogP contribution is -2.04. The summed E-state index contributed by atoms with van der Waals surface area (Å²) in [6.07, 6.45) is 1.69. The van der Waals surface area contributed by atoms with Gasteiger partial charge < -0.3 is 4.42 Å². The number of aromatic nitrogens is 4. The number of nitrogens with zero attached hydrogens (tertiary/aromatic N) is 4. The number of thiazole rings is 1. The van der Waals surface area contributed by atoms with Gasteiger partial charge in [-0.25, -0.2) is 4.98 Å². The average molecular weight is 383 g/mol. The molecule has 0 aliphatic heterocycles. The van der Waals surface area contributed by atoms with Gasteiger partial charge in [0.25, 0.3) is 0 Å². The quantitative estimate of drug-likeness (QED) is 0.442. The third-order valence-electron chi connectivity index (χ3n) is 4.01. The SMILES string of the molecule is Cc1nc(CSc2nnc(-c3ccccc3C)n2Cc2ccco2)cs1. The molecule has 0 fully saturated rings. The maximum Gasteiger partial charge on any atom is 0.192 e. The van der Waals surface area contributed by atoms with Crippen molar-refractivity contribution in [2.75, 3.05) is 0 Å². The van der Waals surface area contributed by atoms with E-state index in [0.29, 0.717) is 6.54 Å². The van der Waals surface area contributed by atoms with E-state index in [1.165, 1.54) is 5.56 Å². The van der Waals surface area contributed by atoms with Gasteiger partial charge in [0.2, 0.25) is 0 Å². The second kappa shape index (κ2) is 7.47. The second-order valence-corrected chi connectivity index (χ2v) is 7.94. The van der Waals surface area contributed by atoms with Crippen LogP contribution in [-0.2, 0) is 12.3 Å². The van der Waals surface area contributed by atoms with Crippen molar-refractivity contribution in [3.63, 3.8) is 0 Å². The molecule has 0 atom stereocenters. The Balaban J connectivity index is 1.68. The van der Waals surface area contributed by atoms with Crippen molar-refractivity contribution in [3.8, 4) is 11.4 Å². The third-order valence-corrected chi connectivity index (χ3v) is 5.84. The summed E-state index contributed by atoms with van der Waals surface area (Å²) in [5.74, 6) is 2.51. The third kappa shape index (κ3) is 3.59.